The van der Waals surface area contributed by atoms with E-state index in [1.165, 1.54) is 58.5 Å². The topological polar surface area (TPSA) is 4.93 Å². The summed E-state index contributed by atoms with van der Waals surface area (Å²) in [5, 5.41) is 2.78. The molecule has 24 heavy (non-hydrogen) atoms. The van der Waals surface area contributed by atoms with Gasteiger partial charge in [0.15, 0.2) is 0 Å². The van der Waals surface area contributed by atoms with Crippen molar-refractivity contribution in [2.24, 2.45) is 0 Å². The predicted molar refractivity (Wildman–Crippen MR) is 98.7 cm³/mol. The zero-order valence-electron chi connectivity index (χ0n) is 14.7. The zero-order valence-corrected chi connectivity index (χ0v) is 16.9. The highest BCUT2D eigenvalue weighted by Gasteiger charge is 2.31. The smallest absolute Gasteiger partial charge is 0.0903 e. The van der Waals surface area contributed by atoms with Crippen molar-refractivity contribution in [3.63, 3.8) is 0 Å². The van der Waals surface area contributed by atoms with E-state index in [0.29, 0.717) is 0 Å². The quantitative estimate of drug-likeness (QED) is 0.438. The van der Waals surface area contributed by atoms with Crippen LogP contribution in [-0.4, -0.2) is 35.7 Å². The Morgan fingerprint density at radius 2 is 1.50 bits per heavy atom. The summed E-state index contributed by atoms with van der Waals surface area (Å²) in [6, 6.07) is 18.5. The predicted octanol–water partition coefficient (Wildman–Crippen LogP) is 1.82. The maximum Gasteiger partial charge on any atom is 0.0903 e. The molecule has 1 fully saturated rings. The molecule has 0 aliphatic carbocycles. The van der Waals surface area contributed by atoms with Gasteiger partial charge in [-0.2, -0.15) is 0 Å². The minimum absolute atomic E-state index is 0. The number of rotatable bonds is 3. The lowest BCUT2D eigenvalue weighted by Crippen LogP contribution is -3.00. The summed E-state index contributed by atoms with van der Waals surface area (Å²) in [5.41, 5.74) is 2.77. The van der Waals surface area contributed by atoms with Crippen molar-refractivity contribution in [3.05, 3.63) is 48.5 Å². The first-order valence-corrected chi connectivity index (χ1v) is 8.95. The number of hydrogen-bond donors (Lipinski definition) is 0. The highest BCUT2D eigenvalue weighted by molar-refractivity contribution is 6.07. The Kier molecular flexibility index (Phi) is 5.21. The number of likely N-dealkylation sites (tertiary alicyclic amines) is 1. The van der Waals surface area contributed by atoms with Crippen molar-refractivity contribution >= 4 is 21.8 Å². The van der Waals surface area contributed by atoms with E-state index in [-0.39, 0.29) is 24.0 Å². The number of halogens is 1. The minimum Gasteiger partial charge on any atom is -1.00 e. The van der Waals surface area contributed by atoms with Gasteiger partial charge >= 0.3 is 0 Å². The molecule has 2 nitrogen and oxygen atoms in total. The standard InChI is InChI=1S/C21H27N2.HI/c1-23(2)16-8-7-9-17(23)14-15-22-20-12-5-3-10-18(20)19-11-4-6-13-21(19)22;/h3-6,10-13,17H,7-9,14-16H2,1-2H3;1H/q+1;/p-1. The molecule has 1 unspecified atom stereocenters. The van der Waals surface area contributed by atoms with Gasteiger partial charge in [0, 0.05) is 34.8 Å². The van der Waals surface area contributed by atoms with Crippen LogP contribution in [0.4, 0.5) is 0 Å². The van der Waals surface area contributed by atoms with Crippen molar-refractivity contribution < 1.29 is 28.5 Å². The van der Waals surface area contributed by atoms with E-state index >= 15 is 0 Å². The third kappa shape index (κ3) is 3.08. The Morgan fingerprint density at radius 3 is 2.08 bits per heavy atom. The Labute approximate surface area is 162 Å². The second kappa shape index (κ2) is 7.04. The van der Waals surface area contributed by atoms with Crippen LogP contribution in [0.2, 0.25) is 0 Å². The van der Waals surface area contributed by atoms with E-state index in [1.807, 2.05) is 0 Å². The molecule has 128 valence electrons. The number of benzene rings is 2. The molecular weight excluding hydrogens is 407 g/mol. The molecule has 1 aromatic heterocycles. The van der Waals surface area contributed by atoms with Crippen molar-refractivity contribution in [1.82, 2.24) is 4.57 Å². The molecule has 1 aliphatic heterocycles. The average Bonchev–Trinajstić information content (AvgIpc) is 2.88. The molecule has 3 aromatic rings. The van der Waals surface area contributed by atoms with Crippen LogP contribution < -0.4 is 24.0 Å². The van der Waals surface area contributed by atoms with Gasteiger partial charge in [-0.3, -0.25) is 0 Å². The van der Waals surface area contributed by atoms with Gasteiger partial charge in [0.25, 0.3) is 0 Å². The number of aromatic nitrogens is 1. The molecule has 2 aromatic carbocycles. The molecule has 0 spiro atoms. The number of piperidine rings is 1. The molecule has 0 N–H and O–H groups in total. The van der Waals surface area contributed by atoms with Crippen LogP contribution in [0.15, 0.2) is 48.5 Å². The molecule has 3 heteroatoms. The lowest BCUT2D eigenvalue weighted by molar-refractivity contribution is -0.920. The minimum atomic E-state index is 0. The van der Waals surface area contributed by atoms with E-state index in [9.17, 15) is 0 Å². The van der Waals surface area contributed by atoms with Crippen LogP contribution in [0.25, 0.3) is 21.8 Å². The van der Waals surface area contributed by atoms with E-state index < -0.39 is 0 Å². The van der Waals surface area contributed by atoms with E-state index in [1.54, 1.807) is 0 Å². The highest BCUT2D eigenvalue weighted by Crippen LogP contribution is 2.30. The fourth-order valence-corrected chi connectivity index (χ4v) is 4.45. The summed E-state index contributed by atoms with van der Waals surface area (Å²) in [4.78, 5) is 0. The maximum atomic E-state index is 2.54. The number of aryl methyl sites for hydroxylation is 1. The fourth-order valence-electron chi connectivity index (χ4n) is 4.45. The Balaban J connectivity index is 0.00000169. The van der Waals surface area contributed by atoms with E-state index in [0.717, 1.165) is 12.6 Å². The van der Waals surface area contributed by atoms with Gasteiger partial charge in [-0.15, -0.1) is 0 Å². The van der Waals surface area contributed by atoms with Gasteiger partial charge in [0.05, 0.1) is 26.7 Å². The average molecular weight is 434 g/mol. The third-order valence-electron chi connectivity index (χ3n) is 5.88. The molecule has 0 bridgehead atoms. The van der Waals surface area contributed by atoms with Gasteiger partial charge in [-0.1, -0.05) is 36.4 Å². The number of hydrogen-bond acceptors (Lipinski definition) is 0. The monoisotopic (exact) mass is 434 g/mol. The SMILES string of the molecule is C[N+]1(C)CCCCC1CCn1c2ccccc2c2ccccc21.[I-]. The van der Waals surface area contributed by atoms with Crippen LogP contribution in [0.3, 0.4) is 0 Å². The van der Waals surface area contributed by atoms with Crippen molar-refractivity contribution in [2.75, 3.05) is 20.6 Å². The number of quaternary nitrogens is 1. The van der Waals surface area contributed by atoms with Gasteiger partial charge in [0.1, 0.15) is 0 Å². The Bertz CT molecular complexity index is 781. The maximum absolute atomic E-state index is 2.54. The largest absolute Gasteiger partial charge is 1.00 e. The number of fused-ring (bicyclic) bond motifs is 3. The molecule has 1 saturated heterocycles. The van der Waals surface area contributed by atoms with E-state index in [4.69, 9.17) is 0 Å². The number of nitrogens with zero attached hydrogens (tertiary/aromatic N) is 2. The highest BCUT2D eigenvalue weighted by atomic mass is 127. The summed E-state index contributed by atoms with van der Waals surface area (Å²) in [7, 11) is 4.82. The lowest BCUT2D eigenvalue weighted by Gasteiger charge is -2.41. The van der Waals surface area contributed by atoms with Crippen molar-refractivity contribution in [2.45, 2.75) is 38.3 Å². The van der Waals surface area contributed by atoms with E-state index in [2.05, 4.69) is 67.2 Å². The van der Waals surface area contributed by atoms with Gasteiger partial charge in [-0.25, -0.2) is 0 Å². The Morgan fingerprint density at radius 1 is 0.917 bits per heavy atom. The molecule has 1 aliphatic rings. The fraction of sp³-hybridized carbons (Fsp3) is 0.429. The second-order valence-corrected chi connectivity index (χ2v) is 7.63. The number of para-hydroxylation sites is 2. The van der Waals surface area contributed by atoms with Crippen LogP contribution in [0.5, 0.6) is 0 Å². The molecule has 0 saturated carbocycles. The summed E-state index contributed by atoms with van der Waals surface area (Å²) in [5.74, 6) is 0. The summed E-state index contributed by atoms with van der Waals surface area (Å²) in [6.45, 7) is 2.46. The summed E-state index contributed by atoms with van der Waals surface area (Å²) < 4.78 is 3.73. The van der Waals surface area contributed by atoms with Crippen molar-refractivity contribution in [1.29, 1.82) is 0 Å². The first-order valence-electron chi connectivity index (χ1n) is 8.95. The van der Waals surface area contributed by atoms with Crippen LogP contribution in [-0.2, 0) is 6.54 Å². The molecule has 0 amide bonds. The molecule has 1 atom stereocenters. The summed E-state index contributed by atoms with van der Waals surface area (Å²) >= 11 is 0. The molecular formula is C21H27IN2. The van der Waals surface area contributed by atoms with Gasteiger partial charge in [-0.05, 0) is 31.4 Å². The lowest BCUT2D eigenvalue weighted by atomic mass is 9.97. The third-order valence-corrected chi connectivity index (χ3v) is 5.88. The zero-order chi connectivity index (χ0) is 15.9. The Hall–Kier alpha value is -1.07. The first-order chi connectivity index (χ1) is 11.2. The summed E-state index contributed by atoms with van der Waals surface area (Å²) in [6.07, 6.45) is 5.44. The van der Waals surface area contributed by atoms with Crippen LogP contribution in [0.1, 0.15) is 25.7 Å². The van der Waals surface area contributed by atoms with Gasteiger partial charge < -0.3 is 33.0 Å². The van der Waals surface area contributed by atoms with Crippen molar-refractivity contribution in [3.8, 4) is 0 Å². The molecule has 4 rings (SSSR count). The second-order valence-electron chi connectivity index (χ2n) is 7.63. The normalized spacial score (nSPS) is 20.2. The molecule has 2 heterocycles. The van der Waals surface area contributed by atoms with Gasteiger partial charge in [0.2, 0.25) is 0 Å². The van der Waals surface area contributed by atoms with Crippen LogP contribution >= 0.6 is 0 Å². The molecule has 0 radical (unpaired) electrons. The first kappa shape index (κ1) is 17.7. The van der Waals surface area contributed by atoms with Crippen LogP contribution in [0, 0.1) is 0 Å².